The van der Waals surface area contributed by atoms with Crippen molar-refractivity contribution in [1.82, 2.24) is 4.90 Å². The third kappa shape index (κ3) is 6.84. The number of halogens is 2. The van der Waals surface area contributed by atoms with Crippen LogP contribution < -0.4 is 9.47 Å². The molecule has 1 aliphatic rings. The van der Waals surface area contributed by atoms with Crippen molar-refractivity contribution >= 4 is 66.5 Å². The average molecular weight is 668 g/mol. The molecule has 9 heteroatoms. The SMILES string of the molecule is CCOc1cc(/C=C2\SC(=Nc3ccccc3)N(Cc3ccco3)C2=O)c(Br)cc1OCc1ccc(Br)cc1. The van der Waals surface area contributed by atoms with E-state index in [2.05, 4.69) is 31.9 Å². The van der Waals surface area contributed by atoms with E-state index in [4.69, 9.17) is 18.9 Å². The normalized spacial score (nSPS) is 15.4. The van der Waals surface area contributed by atoms with Crippen molar-refractivity contribution < 1.29 is 18.7 Å². The van der Waals surface area contributed by atoms with Gasteiger partial charge in [0.05, 0.1) is 30.0 Å². The quantitative estimate of drug-likeness (QED) is 0.167. The maximum atomic E-state index is 13.5. The van der Waals surface area contributed by atoms with Gasteiger partial charge in [0, 0.05) is 8.95 Å². The predicted octanol–water partition coefficient (Wildman–Crippen LogP) is 8.59. The van der Waals surface area contributed by atoms with Gasteiger partial charge in [-0.25, -0.2) is 4.99 Å². The molecular weight excluding hydrogens is 644 g/mol. The third-order valence-corrected chi connectivity index (χ3v) is 7.94. The molecule has 6 nitrogen and oxygen atoms in total. The Morgan fingerprint density at radius 3 is 2.46 bits per heavy atom. The average Bonchev–Trinajstić information content (AvgIpc) is 3.55. The van der Waals surface area contributed by atoms with Gasteiger partial charge in [0.25, 0.3) is 5.91 Å². The molecule has 1 fully saturated rings. The van der Waals surface area contributed by atoms with E-state index in [0.717, 1.165) is 25.8 Å². The summed E-state index contributed by atoms with van der Waals surface area (Å²) in [5, 5.41) is 0.587. The molecular formula is C30H24Br2N2O4S. The van der Waals surface area contributed by atoms with Crippen molar-refractivity contribution in [3.63, 3.8) is 0 Å². The van der Waals surface area contributed by atoms with Crippen LogP contribution in [0.3, 0.4) is 0 Å². The Morgan fingerprint density at radius 2 is 1.74 bits per heavy atom. The van der Waals surface area contributed by atoms with Crippen molar-refractivity contribution in [1.29, 1.82) is 0 Å². The first-order chi connectivity index (χ1) is 19.0. The lowest BCUT2D eigenvalue weighted by Gasteiger charge is -2.14. The lowest BCUT2D eigenvalue weighted by Crippen LogP contribution is -2.28. The first kappa shape index (κ1) is 27.3. The van der Waals surface area contributed by atoms with E-state index in [1.807, 2.05) is 85.8 Å². The molecule has 0 aliphatic carbocycles. The van der Waals surface area contributed by atoms with E-state index in [1.165, 1.54) is 11.8 Å². The fourth-order valence-corrected chi connectivity index (χ4v) is 5.52. The summed E-state index contributed by atoms with van der Waals surface area (Å²) < 4.78 is 19.3. The highest BCUT2D eigenvalue weighted by atomic mass is 79.9. The highest BCUT2D eigenvalue weighted by Gasteiger charge is 2.34. The lowest BCUT2D eigenvalue weighted by molar-refractivity contribution is -0.122. The van der Waals surface area contributed by atoms with Crippen molar-refractivity contribution in [2.45, 2.75) is 20.1 Å². The van der Waals surface area contributed by atoms with E-state index >= 15 is 0 Å². The topological polar surface area (TPSA) is 64.3 Å². The van der Waals surface area contributed by atoms with Crippen LogP contribution in [0, 0.1) is 0 Å². The van der Waals surface area contributed by atoms with E-state index in [0.29, 0.717) is 40.5 Å². The summed E-state index contributed by atoms with van der Waals surface area (Å²) in [4.78, 5) is 20.5. The highest BCUT2D eigenvalue weighted by molar-refractivity contribution is 9.10. The van der Waals surface area contributed by atoms with Crippen molar-refractivity contribution in [2.24, 2.45) is 4.99 Å². The van der Waals surface area contributed by atoms with Crippen molar-refractivity contribution in [3.05, 3.63) is 116 Å². The van der Waals surface area contributed by atoms with Crippen LogP contribution >= 0.6 is 43.6 Å². The Labute approximate surface area is 248 Å². The zero-order valence-electron chi connectivity index (χ0n) is 21.0. The Bertz CT molecular complexity index is 1500. The van der Waals surface area contributed by atoms with Crippen molar-refractivity contribution in [3.8, 4) is 11.5 Å². The second-order valence-corrected chi connectivity index (χ2v) is 11.3. The summed E-state index contributed by atoms with van der Waals surface area (Å²) in [5.74, 6) is 1.75. The van der Waals surface area contributed by atoms with Crippen LogP contribution in [-0.2, 0) is 17.9 Å². The van der Waals surface area contributed by atoms with Gasteiger partial charge >= 0.3 is 0 Å². The molecule has 0 atom stereocenters. The number of hydrogen-bond donors (Lipinski definition) is 0. The number of nitrogens with zero attached hydrogens (tertiary/aromatic N) is 2. The number of benzene rings is 3. The summed E-state index contributed by atoms with van der Waals surface area (Å²) >= 11 is 8.45. The number of para-hydroxylation sites is 1. The van der Waals surface area contributed by atoms with Crippen LogP contribution in [0.15, 0.2) is 108 Å². The van der Waals surface area contributed by atoms with Crippen LogP contribution in [0.5, 0.6) is 11.5 Å². The highest BCUT2D eigenvalue weighted by Crippen LogP contribution is 2.39. The standard InChI is InChI=1S/C30H24Br2N2O4S/c1-2-36-26-15-21(25(32)17-27(26)38-19-20-10-12-22(31)13-11-20)16-28-29(35)34(18-24-9-6-14-37-24)30(39-28)33-23-7-4-3-5-8-23/h3-17H,2,18-19H2,1H3/b28-16-,33-30?. The van der Waals surface area contributed by atoms with Gasteiger partial charge in [0.1, 0.15) is 12.4 Å². The Hall–Kier alpha value is -3.27. The number of ether oxygens (including phenoxy) is 2. The number of carbonyl (C=O) groups is 1. The minimum absolute atomic E-state index is 0.147. The third-order valence-electron chi connectivity index (χ3n) is 5.72. The smallest absolute Gasteiger partial charge is 0.267 e. The number of amidine groups is 1. The molecule has 0 saturated carbocycles. The number of amides is 1. The molecule has 0 bridgehead atoms. The zero-order chi connectivity index (χ0) is 27.2. The van der Waals surface area contributed by atoms with Gasteiger partial charge in [-0.05, 0) is 84.4 Å². The van der Waals surface area contributed by atoms with Gasteiger partial charge in [0.15, 0.2) is 16.7 Å². The van der Waals surface area contributed by atoms with Crippen LogP contribution in [0.25, 0.3) is 6.08 Å². The fourth-order valence-electron chi connectivity index (χ4n) is 3.83. The van der Waals surface area contributed by atoms with Gasteiger partial charge in [-0.1, -0.05) is 62.2 Å². The van der Waals surface area contributed by atoms with Gasteiger partial charge in [0.2, 0.25) is 0 Å². The second kappa shape index (κ2) is 12.7. The minimum atomic E-state index is -0.147. The summed E-state index contributed by atoms with van der Waals surface area (Å²) in [6.07, 6.45) is 3.45. The number of carbonyl (C=O) groups excluding carboxylic acids is 1. The first-order valence-corrected chi connectivity index (χ1v) is 14.6. The largest absolute Gasteiger partial charge is 0.490 e. The zero-order valence-corrected chi connectivity index (χ0v) is 25.0. The molecule has 39 heavy (non-hydrogen) atoms. The molecule has 1 aromatic heterocycles. The summed E-state index contributed by atoms with van der Waals surface area (Å²) in [7, 11) is 0. The molecule has 0 spiro atoms. The first-order valence-electron chi connectivity index (χ1n) is 12.2. The van der Waals surface area contributed by atoms with E-state index in [-0.39, 0.29) is 12.5 Å². The molecule has 5 rings (SSSR count). The molecule has 0 unspecified atom stereocenters. The Balaban J connectivity index is 1.44. The van der Waals surface area contributed by atoms with Crippen molar-refractivity contribution in [2.75, 3.05) is 6.61 Å². The summed E-state index contributed by atoms with van der Waals surface area (Å²) in [5.41, 5.74) is 2.60. The van der Waals surface area contributed by atoms with Gasteiger partial charge in [-0.15, -0.1) is 0 Å². The van der Waals surface area contributed by atoms with Gasteiger partial charge < -0.3 is 13.9 Å². The molecule has 198 valence electrons. The molecule has 1 amide bonds. The van der Waals surface area contributed by atoms with Crippen LogP contribution in [0.4, 0.5) is 5.69 Å². The molecule has 0 N–H and O–H groups in total. The number of rotatable bonds is 9. The Kier molecular flexibility index (Phi) is 8.91. The number of hydrogen-bond acceptors (Lipinski definition) is 6. The predicted molar refractivity (Wildman–Crippen MR) is 162 cm³/mol. The van der Waals surface area contributed by atoms with E-state index in [1.54, 1.807) is 17.2 Å². The number of thioether (sulfide) groups is 1. The van der Waals surface area contributed by atoms with Gasteiger partial charge in [-0.2, -0.15) is 0 Å². The molecule has 0 radical (unpaired) electrons. The lowest BCUT2D eigenvalue weighted by atomic mass is 10.1. The Morgan fingerprint density at radius 1 is 0.974 bits per heavy atom. The molecule has 2 heterocycles. The minimum Gasteiger partial charge on any atom is -0.490 e. The fraction of sp³-hybridized carbons (Fsp3) is 0.133. The maximum absolute atomic E-state index is 13.5. The maximum Gasteiger partial charge on any atom is 0.267 e. The number of furan rings is 1. The molecule has 1 saturated heterocycles. The van der Waals surface area contributed by atoms with Crippen LogP contribution in [0.2, 0.25) is 0 Å². The second-order valence-electron chi connectivity index (χ2n) is 8.48. The van der Waals surface area contributed by atoms with E-state index in [9.17, 15) is 4.79 Å². The molecule has 1 aliphatic heterocycles. The summed E-state index contributed by atoms with van der Waals surface area (Å²) in [6.45, 7) is 3.09. The van der Waals surface area contributed by atoms with E-state index < -0.39 is 0 Å². The molecule has 4 aromatic rings. The van der Waals surface area contributed by atoms with Crippen LogP contribution in [-0.4, -0.2) is 22.6 Å². The molecule has 3 aromatic carbocycles. The summed E-state index contributed by atoms with van der Waals surface area (Å²) in [6, 6.07) is 25.0. The number of aliphatic imine (C=N–C) groups is 1. The van der Waals surface area contributed by atoms with Gasteiger partial charge in [-0.3, -0.25) is 9.69 Å². The monoisotopic (exact) mass is 666 g/mol. The van der Waals surface area contributed by atoms with Crippen LogP contribution in [0.1, 0.15) is 23.8 Å².